The fourth-order valence-electron chi connectivity index (χ4n) is 1.48. The fraction of sp³-hybridized carbons (Fsp3) is 0.385. The maximum absolute atomic E-state index is 11.2. The monoisotopic (exact) mass is 248 g/mol. The third-order valence-electron chi connectivity index (χ3n) is 2.55. The van der Waals surface area contributed by atoms with Crippen LogP contribution in [-0.4, -0.2) is 26.2 Å². The highest BCUT2D eigenvalue weighted by Crippen LogP contribution is 2.18. The van der Waals surface area contributed by atoms with E-state index in [1.54, 1.807) is 19.1 Å². The van der Waals surface area contributed by atoms with Crippen LogP contribution in [0.3, 0.4) is 0 Å². The zero-order valence-corrected chi connectivity index (χ0v) is 10.7. The number of methoxy groups -OCH3 is 2. The van der Waals surface area contributed by atoms with Gasteiger partial charge in [0.15, 0.2) is 0 Å². The Morgan fingerprint density at radius 1 is 1.50 bits per heavy atom. The molecular formula is C13H16N2O3. The number of nitrogens with zero attached hydrogens (tertiary/aromatic N) is 1. The van der Waals surface area contributed by atoms with E-state index in [1.807, 2.05) is 6.07 Å². The number of ether oxygens (including phenoxy) is 2. The molecule has 1 atom stereocenters. The Kier molecular flexibility index (Phi) is 5.15. The van der Waals surface area contributed by atoms with Gasteiger partial charge < -0.3 is 14.8 Å². The smallest absolute Gasteiger partial charge is 0.322 e. The topological polar surface area (TPSA) is 71.3 Å². The van der Waals surface area contributed by atoms with Crippen molar-refractivity contribution in [2.24, 2.45) is 0 Å². The third kappa shape index (κ3) is 3.47. The number of hydrogen-bond acceptors (Lipinski definition) is 5. The summed E-state index contributed by atoms with van der Waals surface area (Å²) in [6, 6.07) is 6.99. The SMILES string of the molecule is COC(=O)[C@H](C)NCc1ccc(OC)c(C#N)c1. The molecule has 0 unspecified atom stereocenters. The second-order valence-corrected chi connectivity index (χ2v) is 3.77. The molecule has 1 aromatic rings. The van der Waals surface area contributed by atoms with Crippen molar-refractivity contribution in [2.45, 2.75) is 19.5 Å². The Balaban J connectivity index is 2.69. The van der Waals surface area contributed by atoms with E-state index in [4.69, 9.17) is 10.00 Å². The normalized spacial score (nSPS) is 11.4. The molecule has 0 saturated carbocycles. The summed E-state index contributed by atoms with van der Waals surface area (Å²) in [6.07, 6.45) is 0. The van der Waals surface area contributed by atoms with E-state index in [-0.39, 0.29) is 12.0 Å². The predicted molar refractivity (Wildman–Crippen MR) is 66.0 cm³/mol. The van der Waals surface area contributed by atoms with Gasteiger partial charge in [-0.3, -0.25) is 4.79 Å². The first kappa shape index (κ1) is 14.0. The minimum atomic E-state index is -0.386. The van der Waals surface area contributed by atoms with Crippen molar-refractivity contribution in [3.05, 3.63) is 29.3 Å². The van der Waals surface area contributed by atoms with Crippen LogP contribution < -0.4 is 10.1 Å². The lowest BCUT2D eigenvalue weighted by Gasteiger charge is -2.12. The van der Waals surface area contributed by atoms with Crippen LogP contribution in [0.5, 0.6) is 5.75 Å². The van der Waals surface area contributed by atoms with Crippen molar-refractivity contribution >= 4 is 5.97 Å². The van der Waals surface area contributed by atoms with Gasteiger partial charge in [-0.2, -0.15) is 5.26 Å². The van der Waals surface area contributed by atoms with Crippen molar-refractivity contribution < 1.29 is 14.3 Å². The first-order valence-electron chi connectivity index (χ1n) is 5.50. The van der Waals surface area contributed by atoms with E-state index in [9.17, 15) is 4.79 Å². The summed E-state index contributed by atoms with van der Waals surface area (Å²) in [5, 5.41) is 12.0. The molecule has 1 aromatic carbocycles. The first-order valence-corrected chi connectivity index (χ1v) is 5.50. The summed E-state index contributed by atoms with van der Waals surface area (Å²) < 4.78 is 9.66. The van der Waals surface area contributed by atoms with Crippen LogP contribution in [0.2, 0.25) is 0 Å². The zero-order valence-electron chi connectivity index (χ0n) is 10.7. The predicted octanol–water partition coefficient (Wildman–Crippen LogP) is 1.22. The van der Waals surface area contributed by atoms with Crippen LogP contribution in [-0.2, 0) is 16.1 Å². The van der Waals surface area contributed by atoms with Gasteiger partial charge in [0.25, 0.3) is 0 Å². The molecule has 0 amide bonds. The third-order valence-corrected chi connectivity index (χ3v) is 2.55. The van der Waals surface area contributed by atoms with Gasteiger partial charge in [0, 0.05) is 6.54 Å². The molecule has 0 heterocycles. The van der Waals surface area contributed by atoms with Crippen LogP contribution >= 0.6 is 0 Å². The largest absolute Gasteiger partial charge is 0.495 e. The van der Waals surface area contributed by atoms with E-state index in [2.05, 4.69) is 16.1 Å². The van der Waals surface area contributed by atoms with Crippen LogP contribution in [0, 0.1) is 11.3 Å². The summed E-state index contributed by atoms with van der Waals surface area (Å²) >= 11 is 0. The molecule has 18 heavy (non-hydrogen) atoms. The molecule has 5 heteroatoms. The average molecular weight is 248 g/mol. The quantitative estimate of drug-likeness (QED) is 0.793. The lowest BCUT2D eigenvalue weighted by Crippen LogP contribution is -2.34. The highest BCUT2D eigenvalue weighted by Gasteiger charge is 2.12. The van der Waals surface area contributed by atoms with Crippen LogP contribution in [0.15, 0.2) is 18.2 Å². The molecule has 0 spiro atoms. The molecule has 0 bridgehead atoms. The summed E-state index contributed by atoms with van der Waals surface area (Å²) in [5.41, 5.74) is 1.38. The minimum Gasteiger partial charge on any atom is -0.495 e. The molecule has 0 aliphatic rings. The van der Waals surface area contributed by atoms with Crippen molar-refractivity contribution in [3.63, 3.8) is 0 Å². The molecule has 5 nitrogen and oxygen atoms in total. The highest BCUT2D eigenvalue weighted by atomic mass is 16.5. The van der Waals surface area contributed by atoms with Crippen LogP contribution in [0.25, 0.3) is 0 Å². The maximum atomic E-state index is 11.2. The first-order chi connectivity index (χ1) is 8.62. The van der Waals surface area contributed by atoms with Gasteiger partial charge in [0.2, 0.25) is 0 Å². The van der Waals surface area contributed by atoms with Crippen LogP contribution in [0.1, 0.15) is 18.1 Å². The van der Waals surface area contributed by atoms with Gasteiger partial charge >= 0.3 is 5.97 Å². The van der Waals surface area contributed by atoms with Gasteiger partial charge in [-0.25, -0.2) is 0 Å². The lowest BCUT2D eigenvalue weighted by atomic mass is 10.1. The van der Waals surface area contributed by atoms with Crippen molar-refractivity contribution in [1.29, 1.82) is 5.26 Å². The van der Waals surface area contributed by atoms with Crippen molar-refractivity contribution in [1.82, 2.24) is 5.32 Å². The number of rotatable bonds is 5. The minimum absolute atomic E-state index is 0.316. The number of nitrogens with one attached hydrogen (secondary N) is 1. The summed E-state index contributed by atoms with van der Waals surface area (Å²) in [7, 11) is 2.87. The summed E-state index contributed by atoms with van der Waals surface area (Å²) in [4.78, 5) is 11.2. The molecule has 1 rings (SSSR count). The second kappa shape index (κ2) is 6.62. The summed E-state index contributed by atoms with van der Waals surface area (Å²) in [6.45, 7) is 2.20. The van der Waals surface area contributed by atoms with Gasteiger partial charge in [0.05, 0.1) is 19.8 Å². The highest BCUT2D eigenvalue weighted by molar-refractivity contribution is 5.75. The number of carbonyl (C=O) groups excluding carboxylic acids is 1. The number of nitriles is 1. The Hall–Kier alpha value is -2.06. The van der Waals surface area contributed by atoms with E-state index < -0.39 is 0 Å². The molecule has 96 valence electrons. The number of hydrogen-bond donors (Lipinski definition) is 1. The molecule has 0 saturated heterocycles. The molecule has 0 aliphatic heterocycles. The van der Waals surface area contributed by atoms with E-state index in [0.717, 1.165) is 5.56 Å². The molecular weight excluding hydrogens is 232 g/mol. The average Bonchev–Trinajstić information content (AvgIpc) is 2.43. The molecule has 0 aliphatic carbocycles. The summed E-state index contributed by atoms with van der Waals surface area (Å²) in [5.74, 6) is 0.228. The Bertz CT molecular complexity index is 466. The van der Waals surface area contributed by atoms with E-state index >= 15 is 0 Å². The lowest BCUT2D eigenvalue weighted by molar-refractivity contribution is -0.142. The fourth-order valence-corrected chi connectivity index (χ4v) is 1.48. The molecule has 1 N–H and O–H groups in total. The zero-order chi connectivity index (χ0) is 13.5. The van der Waals surface area contributed by atoms with Gasteiger partial charge in [-0.15, -0.1) is 0 Å². The molecule has 0 fully saturated rings. The van der Waals surface area contributed by atoms with E-state index in [1.165, 1.54) is 14.2 Å². The van der Waals surface area contributed by atoms with Gasteiger partial charge in [0.1, 0.15) is 17.9 Å². The van der Waals surface area contributed by atoms with Crippen molar-refractivity contribution in [3.8, 4) is 11.8 Å². The van der Waals surface area contributed by atoms with Crippen molar-refractivity contribution in [2.75, 3.05) is 14.2 Å². The standard InChI is InChI=1S/C13H16N2O3/c1-9(13(16)18-3)15-8-10-4-5-12(17-2)11(6-10)7-14/h4-6,9,15H,8H2,1-3H3/t9-/m0/s1. The Morgan fingerprint density at radius 3 is 2.78 bits per heavy atom. The second-order valence-electron chi connectivity index (χ2n) is 3.77. The Labute approximate surface area is 106 Å². The number of esters is 1. The molecule has 0 radical (unpaired) electrons. The molecule has 0 aromatic heterocycles. The van der Waals surface area contributed by atoms with E-state index in [0.29, 0.717) is 17.9 Å². The van der Waals surface area contributed by atoms with Gasteiger partial charge in [-0.05, 0) is 24.6 Å². The van der Waals surface area contributed by atoms with Gasteiger partial charge in [-0.1, -0.05) is 6.07 Å². The number of benzene rings is 1. The Morgan fingerprint density at radius 2 is 2.22 bits per heavy atom. The number of carbonyl (C=O) groups is 1. The van der Waals surface area contributed by atoms with Crippen LogP contribution in [0.4, 0.5) is 0 Å². The maximum Gasteiger partial charge on any atom is 0.322 e.